The summed E-state index contributed by atoms with van der Waals surface area (Å²) in [5.74, 6) is 0.552. The molecule has 0 aromatic heterocycles. The van der Waals surface area contributed by atoms with Crippen LogP contribution in [0.2, 0.25) is 0 Å². The fraction of sp³-hybridized carbons (Fsp3) is 0.846. The molecule has 0 heterocycles. The van der Waals surface area contributed by atoms with Crippen LogP contribution in [0, 0.1) is 5.92 Å². The third-order valence-electron chi connectivity index (χ3n) is 3.26. The van der Waals surface area contributed by atoms with Crippen molar-refractivity contribution < 1.29 is 14.7 Å². The van der Waals surface area contributed by atoms with Gasteiger partial charge in [0.05, 0.1) is 11.7 Å². The van der Waals surface area contributed by atoms with E-state index in [0.29, 0.717) is 12.2 Å². The number of carbonyl (C=O) groups is 2. The van der Waals surface area contributed by atoms with E-state index >= 15 is 0 Å². The first-order chi connectivity index (χ1) is 8.63. The van der Waals surface area contributed by atoms with Gasteiger partial charge in [-0.2, -0.15) is 11.8 Å². The normalized spacial score (nSPS) is 23.6. The van der Waals surface area contributed by atoms with E-state index in [1.807, 2.05) is 0 Å². The van der Waals surface area contributed by atoms with Gasteiger partial charge in [-0.3, -0.25) is 9.59 Å². The third-order valence-corrected chi connectivity index (χ3v) is 4.31. The Bertz CT molecular complexity index is 283. The van der Waals surface area contributed by atoms with Gasteiger partial charge in [0.25, 0.3) is 0 Å². The minimum Gasteiger partial charge on any atom is -0.481 e. The number of thioether (sulfide) groups is 1. The van der Waals surface area contributed by atoms with E-state index in [0.717, 1.165) is 37.9 Å². The van der Waals surface area contributed by atoms with Crippen LogP contribution in [0.5, 0.6) is 0 Å². The zero-order valence-electron chi connectivity index (χ0n) is 11.0. The third kappa shape index (κ3) is 5.76. The van der Waals surface area contributed by atoms with Crippen LogP contribution < -0.4 is 5.32 Å². The molecular weight excluding hydrogens is 250 g/mol. The average molecular weight is 273 g/mol. The molecule has 0 saturated heterocycles. The highest BCUT2D eigenvalue weighted by molar-refractivity contribution is 7.99. The zero-order chi connectivity index (χ0) is 13.4. The van der Waals surface area contributed by atoms with Crippen molar-refractivity contribution in [3.8, 4) is 0 Å². The van der Waals surface area contributed by atoms with Crippen molar-refractivity contribution in [2.24, 2.45) is 5.92 Å². The molecule has 1 amide bonds. The number of unbranched alkanes of at least 4 members (excludes halogenated alkanes) is 1. The molecule has 1 aliphatic rings. The van der Waals surface area contributed by atoms with Crippen LogP contribution in [0.4, 0.5) is 0 Å². The number of aliphatic carboxylic acids is 1. The lowest BCUT2D eigenvalue weighted by atomic mass is 9.86. The van der Waals surface area contributed by atoms with E-state index in [1.54, 1.807) is 11.8 Å². The van der Waals surface area contributed by atoms with Crippen LogP contribution in [0.3, 0.4) is 0 Å². The quantitative estimate of drug-likeness (QED) is 0.698. The largest absolute Gasteiger partial charge is 0.481 e. The molecule has 0 spiro atoms. The Balaban J connectivity index is 2.20. The van der Waals surface area contributed by atoms with E-state index in [9.17, 15) is 9.59 Å². The van der Waals surface area contributed by atoms with Gasteiger partial charge in [0, 0.05) is 6.04 Å². The molecular formula is C13H23NO3S. The first-order valence-corrected chi connectivity index (χ1v) is 7.88. The molecule has 4 nitrogen and oxygen atoms in total. The molecule has 1 fully saturated rings. The number of amides is 1. The molecule has 0 radical (unpaired) electrons. The number of nitrogens with one attached hydrogen (secondary N) is 1. The van der Waals surface area contributed by atoms with Crippen molar-refractivity contribution >= 4 is 23.6 Å². The van der Waals surface area contributed by atoms with Crippen molar-refractivity contribution in [1.82, 2.24) is 5.32 Å². The van der Waals surface area contributed by atoms with Crippen LogP contribution in [-0.2, 0) is 9.59 Å². The first-order valence-electron chi connectivity index (χ1n) is 6.73. The lowest BCUT2D eigenvalue weighted by Crippen LogP contribution is -2.40. The molecule has 2 unspecified atom stereocenters. The van der Waals surface area contributed by atoms with Crippen molar-refractivity contribution in [3.05, 3.63) is 0 Å². The second-order valence-corrected chi connectivity index (χ2v) is 5.98. The number of hydrogen-bond donors (Lipinski definition) is 2. The van der Waals surface area contributed by atoms with Crippen LogP contribution >= 0.6 is 11.8 Å². The summed E-state index contributed by atoms with van der Waals surface area (Å²) in [6.45, 7) is 2.13. The van der Waals surface area contributed by atoms with Gasteiger partial charge in [-0.25, -0.2) is 0 Å². The standard InChI is InChI=1S/C13H23NO3S/c1-2-3-7-18-9-12(15)14-11-6-4-5-10(8-11)13(16)17/h10-11H,2-9H2,1H3,(H,14,15)(H,16,17). The van der Waals surface area contributed by atoms with Crippen LogP contribution in [0.25, 0.3) is 0 Å². The van der Waals surface area contributed by atoms with E-state index < -0.39 is 5.97 Å². The maximum absolute atomic E-state index is 11.7. The Labute approximate surface area is 113 Å². The first kappa shape index (κ1) is 15.3. The van der Waals surface area contributed by atoms with E-state index in [4.69, 9.17) is 5.11 Å². The maximum Gasteiger partial charge on any atom is 0.306 e. The Morgan fingerprint density at radius 2 is 2.17 bits per heavy atom. The number of carboxylic acid groups (broad SMARTS) is 1. The van der Waals surface area contributed by atoms with Crippen molar-refractivity contribution in [2.75, 3.05) is 11.5 Å². The molecule has 104 valence electrons. The molecule has 1 aliphatic carbocycles. The summed E-state index contributed by atoms with van der Waals surface area (Å²) in [5, 5.41) is 11.9. The number of carbonyl (C=O) groups excluding carboxylic acids is 1. The summed E-state index contributed by atoms with van der Waals surface area (Å²) in [4.78, 5) is 22.6. The number of carboxylic acids is 1. The Hall–Kier alpha value is -0.710. The highest BCUT2D eigenvalue weighted by atomic mass is 32.2. The van der Waals surface area contributed by atoms with Crippen LogP contribution in [-0.4, -0.2) is 34.5 Å². The molecule has 2 N–H and O–H groups in total. The Morgan fingerprint density at radius 3 is 2.83 bits per heavy atom. The lowest BCUT2D eigenvalue weighted by molar-refractivity contribution is -0.143. The summed E-state index contributed by atoms with van der Waals surface area (Å²) in [6, 6.07) is 0.0547. The molecule has 0 aliphatic heterocycles. The van der Waals surface area contributed by atoms with E-state index in [2.05, 4.69) is 12.2 Å². The van der Waals surface area contributed by atoms with Crippen molar-refractivity contribution in [1.29, 1.82) is 0 Å². The smallest absolute Gasteiger partial charge is 0.306 e. The summed E-state index contributed by atoms with van der Waals surface area (Å²) in [6.07, 6.45) is 5.42. The molecule has 1 rings (SSSR count). The van der Waals surface area contributed by atoms with Crippen molar-refractivity contribution in [2.45, 2.75) is 51.5 Å². The second kappa shape index (κ2) is 8.40. The van der Waals surface area contributed by atoms with Gasteiger partial charge in [-0.05, 0) is 31.4 Å². The second-order valence-electron chi connectivity index (χ2n) is 4.87. The molecule has 2 atom stereocenters. The average Bonchev–Trinajstić information content (AvgIpc) is 2.35. The molecule has 0 aromatic carbocycles. The fourth-order valence-electron chi connectivity index (χ4n) is 2.23. The highest BCUT2D eigenvalue weighted by Gasteiger charge is 2.27. The molecule has 0 bridgehead atoms. The van der Waals surface area contributed by atoms with E-state index in [-0.39, 0.29) is 17.9 Å². The minimum atomic E-state index is -0.730. The summed E-state index contributed by atoms with van der Waals surface area (Å²) < 4.78 is 0. The zero-order valence-corrected chi connectivity index (χ0v) is 11.8. The molecule has 0 aromatic rings. The van der Waals surface area contributed by atoms with Gasteiger partial charge in [0.2, 0.25) is 5.91 Å². The van der Waals surface area contributed by atoms with Crippen LogP contribution in [0.1, 0.15) is 45.4 Å². The van der Waals surface area contributed by atoms with Crippen LogP contribution in [0.15, 0.2) is 0 Å². The SMILES string of the molecule is CCCCSCC(=O)NC1CCCC(C(=O)O)C1. The number of hydrogen-bond acceptors (Lipinski definition) is 3. The highest BCUT2D eigenvalue weighted by Crippen LogP contribution is 2.24. The summed E-state index contributed by atoms with van der Waals surface area (Å²) in [5.41, 5.74) is 0. The van der Waals surface area contributed by atoms with Crippen molar-refractivity contribution in [3.63, 3.8) is 0 Å². The number of rotatable bonds is 7. The topological polar surface area (TPSA) is 66.4 Å². The van der Waals surface area contributed by atoms with Gasteiger partial charge in [-0.1, -0.05) is 19.8 Å². The van der Waals surface area contributed by atoms with E-state index in [1.165, 1.54) is 0 Å². The molecule has 1 saturated carbocycles. The predicted octanol–water partition coefficient (Wildman–Crippen LogP) is 2.28. The summed E-state index contributed by atoms with van der Waals surface area (Å²) in [7, 11) is 0. The molecule has 18 heavy (non-hydrogen) atoms. The van der Waals surface area contributed by atoms with Gasteiger partial charge in [0.15, 0.2) is 0 Å². The van der Waals surface area contributed by atoms with Gasteiger partial charge >= 0.3 is 5.97 Å². The van der Waals surface area contributed by atoms with Gasteiger partial charge < -0.3 is 10.4 Å². The predicted molar refractivity (Wildman–Crippen MR) is 73.8 cm³/mol. The minimum absolute atomic E-state index is 0.0483. The fourth-order valence-corrected chi connectivity index (χ4v) is 3.13. The monoisotopic (exact) mass is 273 g/mol. The lowest BCUT2D eigenvalue weighted by Gasteiger charge is -2.27. The Morgan fingerprint density at radius 1 is 1.39 bits per heavy atom. The van der Waals surface area contributed by atoms with Gasteiger partial charge in [-0.15, -0.1) is 0 Å². The summed E-state index contributed by atoms with van der Waals surface area (Å²) >= 11 is 1.65. The molecule has 5 heteroatoms. The van der Waals surface area contributed by atoms with Gasteiger partial charge in [0.1, 0.15) is 0 Å². The maximum atomic E-state index is 11.7. The Kier molecular flexibility index (Phi) is 7.16.